The van der Waals surface area contributed by atoms with Crippen LogP contribution < -0.4 is 10.6 Å². The van der Waals surface area contributed by atoms with Gasteiger partial charge in [0.05, 0.1) is 42.5 Å². The lowest BCUT2D eigenvalue weighted by Gasteiger charge is -2.39. The molecule has 1 atom stereocenters. The van der Waals surface area contributed by atoms with Crippen LogP contribution in [-0.4, -0.2) is 34.6 Å². The number of aromatic nitrogens is 2. The second kappa shape index (κ2) is 9.73. The van der Waals surface area contributed by atoms with Crippen LogP contribution in [0.1, 0.15) is 79.2 Å². The van der Waals surface area contributed by atoms with Crippen LogP contribution in [0.5, 0.6) is 0 Å². The molecule has 1 amide bonds. The van der Waals surface area contributed by atoms with E-state index in [1.807, 2.05) is 6.92 Å². The number of hydrogen-bond donors (Lipinski definition) is 2. The molecule has 2 N–H and O–H groups in total. The topological polar surface area (TPSA) is 85.4 Å². The van der Waals surface area contributed by atoms with Crippen molar-refractivity contribution < 1.29 is 27.4 Å². The van der Waals surface area contributed by atoms with Crippen LogP contribution in [0.25, 0.3) is 0 Å². The molecule has 190 valence electrons. The number of alkyl halides is 3. The van der Waals surface area contributed by atoms with Gasteiger partial charge in [0, 0.05) is 5.54 Å². The molecule has 0 spiro atoms. The predicted molar refractivity (Wildman–Crippen MR) is 124 cm³/mol. The van der Waals surface area contributed by atoms with Crippen LogP contribution in [0.2, 0.25) is 0 Å². The summed E-state index contributed by atoms with van der Waals surface area (Å²) >= 11 is 0. The maximum absolute atomic E-state index is 13.5. The van der Waals surface area contributed by atoms with Gasteiger partial charge in [-0.25, -0.2) is 9.97 Å². The number of nitrogens with one attached hydrogen (secondary N) is 2. The van der Waals surface area contributed by atoms with Crippen molar-refractivity contribution in [3.8, 4) is 0 Å². The van der Waals surface area contributed by atoms with Gasteiger partial charge in [-0.3, -0.25) is 4.79 Å². The Morgan fingerprint density at radius 2 is 1.89 bits per heavy atom. The number of amides is 1. The van der Waals surface area contributed by atoms with Crippen LogP contribution in [0, 0.1) is 13.8 Å². The highest BCUT2D eigenvalue weighted by Gasteiger charge is 2.35. The minimum Gasteiger partial charge on any atom is -0.363 e. The Kier molecular flexibility index (Phi) is 7.06. The number of nitrogens with zero attached hydrogens (tertiary/aromatic N) is 2. The van der Waals surface area contributed by atoms with Crippen molar-refractivity contribution in [2.24, 2.45) is 0 Å². The van der Waals surface area contributed by atoms with Crippen molar-refractivity contribution in [3.05, 3.63) is 52.0 Å². The maximum atomic E-state index is 13.5. The Labute approximate surface area is 202 Å². The molecule has 2 heterocycles. The van der Waals surface area contributed by atoms with Crippen molar-refractivity contribution in [1.82, 2.24) is 15.3 Å². The first-order chi connectivity index (χ1) is 16.5. The minimum absolute atomic E-state index is 0.0170. The quantitative estimate of drug-likeness (QED) is 0.570. The SMILES string of the molecule is Cc1nc(CC(=O)NC2(C)CCC2)c(C2OCCO2)c(NC(C)c2cccc(C(F)(F)F)c2C)n1. The lowest BCUT2D eigenvalue weighted by Crippen LogP contribution is -2.51. The fourth-order valence-corrected chi connectivity index (χ4v) is 4.73. The third-order valence-electron chi connectivity index (χ3n) is 6.72. The van der Waals surface area contributed by atoms with Crippen LogP contribution in [0.15, 0.2) is 18.2 Å². The molecule has 7 nitrogen and oxygen atoms in total. The molecule has 1 aromatic carbocycles. The van der Waals surface area contributed by atoms with E-state index in [4.69, 9.17) is 9.47 Å². The number of hydrogen-bond acceptors (Lipinski definition) is 6. The lowest BCUT2D eigenvalue weighted by atomic mass is 9.78. The number of halogens is 3. The summed E-state index contributed by atoms with van der Waals surface area (Å²) in [6, 6.07) is 3.62. The zero-order chi connectivity index (χ0) is 25.4. The third-order valence-corrected chi connectivity index (χ3v) is 6.72. The highest BCUT2D eigenvalue weighted by molar-refractivity contribution is 5.80. The van der Waals surface area contributed by atoms with Gasteiger partial charge in [-0.2, -0.15) is 13.2 Å². The van der Waals surface area contributed by atoms with E-state index in [1.165, 1.54) is 13.0 Å². The first-order valence-electron chi connectivity index (χ1n) is 11.8. The van der Waals surface area contributed by atoms with E-state index in [1.54, 1.807) is 19.9 Å². The van der Waals surface area contributed by atoms with Gasteiger partial charge in [0.25, 0.3) is 0 Å². The molecule has 35 heavy (non-hydrogen) atoms. The first kappa shape index (κ1) is 25.4. The number of aryl methyl sites for hydroxylation is 1. The molecular weight excluding hydrogens is 461 g/mol. The summed E-state index contributed by atoms with van der Waals surface area (Å²) < 4.78 is 51.8. The average molecular weight is 493 g/mol. The van der Waals surface area contributed by atoms with Gasteiger partial charge in [-0.05, 0) is 64.2 Å². The molecule has 0 bridgehead atoms. The Balaban J connectivity index is 1.66. The van der Waals surface area contributed by atoms with Crippen LogP contribution in [0.4, 0.5) is 19.0 Å². The minimum atomic E-state index is -4.44. The lowest BCUT2D eigenvalue weighted by molar-refractivity contribution is -0.138. The standard InChI is InChI=1S/C25H31F3N4O3/c1-14-17(7-5-8-18(14)25(26,27)28)15(2)29-22-21(23-34-11-12-35-23)19(30-16(3)31-22)13-20(33)32-24(4)9-6-10-24/h5,7-8,15,23H,6,9-13H2,1-4H3,(H,32,33)(H,29,30,31). The highest BCUT2D eigenvalue weighted by Crippen LogP contribution is 2.37. The number of anilines is 1. The van der Waals surface area contributed by atoms with E-state index in [0.717, 1.165) is 25.3 Å². The Morgan fingerprint density at radius 1 is 1.20 bits per heavy atom. The molecule has 4 rings (SSSR count). The van der Waals surface area contributed by atoms with E-state index in [2.05, 4.69) is 20.6 Å². The first-order valence-corrected chi connectivity index (χ1v) is 11.8. The molecule has 2 aromatic rings. The van der Waals surface area contributed by atoms with Gasteiger partial charge in [0.2, 0.25) is 5.91 Å². The van der Waals surface area contributed by atoms with Crippen molar-refractivity contribution in [1.29, 1.82) is 0 Å². The van der Waals surface area contributed by atoms with Gasteiger partial charge >= 0.3 is 6.18 Å². The van der Waals surface area contributed by atoms with Gasteiger partial charge in [-0.1, -0.05) is 12.1 Å². The fraction of sp³-hybridized carbons (Fsp3) is 0.560. The smallest absolute Gasteiger partial charge is 0.363 e. The molecule has 1 aliphatic heterocycles. The number of carbonyl (C=O) groups is 1. The second-order valence-electron chi connectivity index (χ2n) is 9.58. The number of benzene rings is 1. The van der Waals surface area contributed by atoms with E-state index >= 15 is 0 Å². The van der Waals surface area contributed by atoms with Gasteiger partial charge in [0.1, 0.15) is 11.6 Å². The Morgan fingerprint density at radius 3 is 2.49 bits per heavy atom. The van der Waals surface area contributed by atoms with Crippen molar-refractivity contribution in [2.45, 2.75) is 77.4 Å². The highest BCUT2D eigenvalue weighted by atomic mass is 19.4. The molecule has 1 aliphatic carbocycles. The van der Waals surface area contributed by atoms with Gasteiger partial charge < -0.3 is 20.1 Å². The van der Waals surface area contributed by atoms with E-state index < -0.39 is 24.1 Å². The van der Waals surface area contributed by atoms with E-state index in [9.17, 15) is 18.0 Å². The molecule has 2 fully saturated rings. The fourth-order valence-electron chi connectivity index (χ4n) is 4.73. The zero-order valence-electron chi connectivity index (χ0n) is 20.4. The molecule has 1 saturated carbocycles. The largest absolute Gasteiger partial charge is 0.416 e. The molecule has 2 aliphatic rings. The summed E-state index contributed by atoms with van der Waals surface area (Å²) in [5, 5.41) is 6.32. The molecular formula is C25H31F3N4O3. The molecule has 1 unspecified atom stereocenters. The summed E-state index contributed by atoms with van der Waals surface area (Å²) in [4.78, 5) is 21.9. The summed E-state index contributed by atoms with van der Waals surface area (Å²) in [5.41, 5.74) is 0.739. The molecule has 1 aromatic heterocycles. The predicted octanol–water partition coefficient (Wildman–Crippen LogP) is 4.93. The zero-order valence-corrected chi connectivity index (χ0v) is 20.4. The van der Waals surface area contributed by atoms with Gasteiger partial charge in [-0.15, -0.1) is 0 Å². The summed E-state index contributed by atoms with van der Waals surface area (Å²) in [5.74, 6) is 0.656. The van der Waals surface area contributed by atoms with Crippen LogP contribution >= 0.6 is 0 Å². The van der Waals surface area contributed by atoms with Gasteiger partial charge in [0.15, 0.2) is 6.29 Å². The monoisotopic (exact) mass is 492 g/mol. The Bertz CT molecular complexity index is 1100. The molecule has 0 radical (unpaired) electrons. The second-order valence-corrected chi connectivity index (χ2v) is 9.58. The van der Waals surface area contributed by atoms with Crippen LogP contribution in [0.3, 0.4) is 0 Å². The maximum Gasteiger partial charge on any atom is 0.416 e. The summed E-state index contributed by atoms with van der Waals surface area (Å²) in [7, 11) is 0. The van der Waals surface area contributed by atoms with Crippen LogP contribution in [-0.2, 0) is 26.9 Å². The van der Waals surface area contributed by atoms with E-state index in [0.29, 0.717) is 41.7 Å². The Hall–Kier alpha value is -2.72. The number of ether oxygens (including phenoxy) is 2. The van der Waals surface area contributed by atoms with Crippen molar-refractivity contribution >= 4 is 11.7 Å². The van der Waals surface area contributed by atoms with Crippen molar-refractivity contribution in [2.75, 3.05) is 18.5 Å². The summed E-state index contributed by atoms with van der Waals surface area (Å²) in [6.45, 7) is 7.72. The number of rotatable bonds is 7. The molecule has 10 heteroatoms. The molecule has 1 saturated heterocycles. The third kappa shape index (κ3) is 5.59. The van der Waals surface area contributed by atoms with E-state index in [-0.39, 0.29) is 23.4 Å². The normalized spacial score (nSPS) is 18.7. The summed E-state index contributed by atoms with van der Waals surface area (Å²) in [6.07, 6.45) is -2.24. The average Bonchev–Trinajstić information content (AvgIpc) is 3.25. The van der Waals surface area contributed by atoms with Crippen molar-refractivity contribution in [3.63, 3.8) is 0 Å². The number of carbonyl (C=O) groups excluding carboxylic acids is 1.